The minimum atomic E-state index is -0.861. The standard InChI is InChI=1S/C30H34N4O2/c1-30(18-17-24-11-5-2-6-12-24)28(35)34(29(36)31-30)23-32-19-21-33(22-20-32)27(25-13-7-3-8-14-25)26-15-9-4-10-16-26/h2-16,27H,17-23H2,1H3,(H,31,36). The topological polar surface area (TPSA) is 55.9 Å². The van der Waals surface area contributed by atoms with Crippen molar-refractivity contribution >= 4 is 11.9 Å². The number of carbonyl (C=O) groups excluding carboxylic acids is 2. The van der Waals surface area contributed by atoms with Gasteiger partial charge >= 0.3 is 6.03 Å². The zero-order valence-corrected chi connectivity index (χ0v) is 20.8. The van der Waals surface area contributed by atoms with Crippen LogP contribution in [0.2, 0.25) is 0 Å². The molecule has 0 bridgehead atoms. The van der Waals surface area contributed by atoms with Crippen LogP contribution in [0.15, 0.2) is 91.0 Å². The second-order valence-electron chi connectivity index (χ2n) is 10.0. The molecule has 6 nitrogen and oxygen atoms in total. The fraction of sp³-hybridized carbons (Fsp3) is 0.333. The van der Waals surface area contributed by atoms with Crippen molar-refractivity contribution in [2.75, 3.05) is 32.8 Å². The van der Waals surface area contributed by atoms with Crippen LogP contribution in [0.3, 0.4) is 0 Å². The van der Waals surface area contributed by atoms with Gasteiger partial charge < -0.3 is 5.32 Å². The minimum absolute atomic E-state index is 0.127. The third kappa shape index (κ3) is 5.20. The van der Waals surface area contributed by atoms with E-state index in [9.17, 15) is 9.59 Å². The first kappa shape index (κ1) is 24.2. The average Bonchev–Trinajstić information content (AvgIpc) is 3.13. The Bertz CT molecular complexity index is 1120. The van der Waals surface area contributed by atoms with Crippen LogP contribution in [0.25, 0.3) is 0 Å². The van der Waals surface area contributed by atoms with Gasteiger partial charge in [-0.2, -0.15) is 0 Å². The van der Waals surface area contributed by atoms with Crippen LogP contribution in [0.1, 0.15) is 36.1 Å². The summed E-state index contributed by atoms with van der Waals surface area (Å²) in [5.74, 6) is -0.127. The monoisotopic (exact) mass is 482 g/mol. The highest BCUT2D eigenvalue weighted by molar-refractivity contribution is 6.06. The summed E-state index contributed by atoms with van der Waals surface area (Å²) in [6.07, 6.45) is 1.33. The lowest BCUT2D eigenvalue weighted by molar-refractivity contribution is -0.132. The molecule has 2 heterocycles. The predicted molar refractivity (Wildman–Crippen MR) is 141 cm³/mol. The van der Waals surface area contributed by atoms with Gasteiger partial charge in [0.25, 0.3) is 5.91 Å². The molecule has 2 aliphatic rings. The summed E-state index contributed by atoms with van der Waals surface area (Å²) >= 11 is 0. The Morgan fingerprint density at radius 3 is 1.86 bits per heavy atom. The lowest BCUT2D eigenvalue weighted by Crippen LogP contribution is -2.52. The first-order valence-corrected chi connectivity index (χ1v) is 12.8. The molecule has 3 aromatic carbocycles. The molecule has 2 fully saturated rings. The Balaban J connectivity index is 1.21. The largest absolute Gasteiger partial charge is 0.326 e. The number of hydrogen-bond donors (Lipinski definition) is 1. The number of aryl methyl sites for hydroxylation is 1. The molecular weight excluding hydrogens is 448 g/mol. The number of carbonyl (C=O) groups is 2. The molecule has 3 amide bonds. The minimum Gasteiger partial charge on any atom is -0.323 e. The van der Waals surface area contributed by atoms with E-state index in [-0.39, 0.29) is 18.0 Å². The van der Waals surface area contributed by atoms with Gasteiger partial charge in [0.1, 0.15) is 5.54 Å². The zero-order valence-electron chi connectivity index (χ0n) is 20.8. The highest BCUT2D eigenvalue weighted by Crippen LogP contribution is 2.30. The maximum Gasteiger partial charge on any atom is 0.326 e. The smallest absolute Gasteiger partial charge is 0.323 e. The van der Waals surface area contributed by atoms with Gasteiger partial charge in [-0.05, 0) is 36.5 Å². The van der Waals surface area contributed by atoms with Crippen molar-refractivity contribution in [1.29, 1.82) is 0 Å². The van der Waals surface area contributed by atoms with Crippen LogP contribution in [0.4, 0.5) is 4.79 Å². The van der Waals surface area contributed by atoms with Gasteiger partial charge in [-0.3, -0.25) is 14.6 Å². The van der Waals surface area contributed by atoms with Gasteiger partial charge in [-0.25, -0.2) is 9.69 Å². The molecular formula is C30H34N4O2. The first-order valence-electron chi connectivity index (χ1n) is 12.8. The molecule has 186 valence electrons. The fourth-order valence-electron chi connectivity index (χ4n) is 5.33. The Morgan fingerprint density at radius 2 is 1.31 bits per heavy atom. The first-order chi connectivity index (χ1) is 17.5. The van der Waals surface area contributed by atoms with Gasteiger partial charge in [0, 0.05) is 26.2 Å². The lowest BCUT2D eigenvalue weighted by atomic mass is 9.93. The molecule has 5 rings (SSSR count). The molecule has 2 aliphatic heterocycles. The molecule has 6 heteroatoms. The molecule has 0 radical (unpaired) electrons. The van der Waals surface area contributed by atoms with Crippen molar-refractivity contribution in [2.24, 2.45) is 0 Å². The van der Waals surface area contributed by atoms with Gasteiger partial charge in [-0.15, -0.1) is 0 Å². The quantitative estimate of drug-likeness (QED) is 0.487. The summed E-state index contributed by atoms with van der Waals surface area (Å²) < 4.78 is 0. The van der Waals surface area contributed by atoms with Crippen molar-refractivity contribution in [2.45, 2.75) is 31.3 Å². The molecule has 36 heavy (non-hydrogen) atoms. The van der Waals surface area contributed by atoms with Crippen molar-refractivity contribution in [3.8, 4) is 0 Å². The van der Waals surface area contributed by atoms with E-state index in [0.717, 1.165) is 32.6 Å². The molecule has 0 saturated carbocycles. The van der Waals surface area contributed by atoms with Gasteiger partial charge in [-0.1, -0.05) is 91.0 Å². The molecule has 1 atom stereocenters. The van der Waals surface area contributed by atoms with E-state index in [1.54, 1.807) is 0 Å². The molecule has 1 unspecified atom stereocenters. The molecule has 2 saturated heterocycles. The summed E-state index contributed by atoms with van der Waals surface area (Å²) in [5.41, 5.74) is 2.86. The number of nitrogens with one attached hydrogen (secondary N) is 1. The number of piperazine rings is 1. The molecule has 3 aromatic rings. The number of urea groups is 1. The van der Waals surface area contributed by atoms with Crippen LogP contribution in [-0.2, 0) is 11.2 Å². The second kappa shape index (κ2) is 10.6. The highest BCUT2D eigenvalue weighted by Gasteiger charge is 2.47. The second-order valence-corrected chi connectivity index (χ2v) is 10.0. The summed E-state index contributed by atoms with van der Waals surface area (Å²) in [6, 6.07) is 31.2. The summed E-state index contributed by atoms with van der Waals surface area (Å²) in [5, 5.41) is 2.96. The summed E-state index contributed by atoms with van der Waals surface area (Å²) in [6.45, 7) is 5.51. The number of rotatable bonds is 8. The summed E-state index contributed by atoms with van der Waals surface area (Å²) in [4.78, 5) is 32.2. The van der Waals surface area contributed by atoms with Crippen LogP contribution in [0.5, 0.6) is 0 Å². The van der Waals surface area contributed by atoms with E-state index in [1.807, 2.05) is 25.1 Å². The van der Waals surface area contributed by atoms with E-state index in [0.29, 0.717) is 13.1 Å². The van der Waals surface area contributed by atoms with Gasteiger partial charge in [0.15, 0.2) is 0 Å². The predicted octanol–water partition coefficient (Wildman–Crippen LogP) is 4.29. The third-order valence-electron chi connectivity index (χ3n) is 7.45. The Labute approximate surface area is 213 Å². The number of nitrogens with zero attached hydrogens (tertiary/aromatic N) is 3. The summed E-state index contributed by atoms with van der Waals surface area (Å²) in [7, 11) is 0. The Morgan fingerprint density at radius 1 is 0.778 bits per heavy atom. The normalized spacial score (nSPS) is 21.2. The maximum atomic E-state index is 13.3. The van der Waals surface area contributed by atoms with Crippen LogP contribution < -0.4 is 5.32 Å². The van der Waals surface area contributed by atoms with Crippen LogP contribution in [-0.4, -0.2) is 65.0 Å². The van der Waals surface area contributed by atoms with Crippen molar-refractivity contribution in [3.63, 3.8) is 0 Å². The van der Waals surface area contributed by atoms with Crippen LogP contribution >= 0.6 is 0 Å². The molecule has 1 N–H and O–H groups in total. The SMILES string of the molecule is CC1(CCc2ccccc2)NC(=O)N(CN2CCN(C(c3ccccc3)c3ccccc3)CC2)C1=O. The Kier molecular flexibility index (Phi) is 7.16. The Hall–Kier alpha value is -3.48. The lowest BCUT2D eigenvalue weighted by Gasteiger charge is -2.40. The highest BCUT2D eigenvalue weighted by atomic mass is 16.2. The number of hydrogen-bond acceptors (Lipinski definition) is 4. The molecule has 0 aromatic heterocycles. The van der Waals surface area contributed by atoms with Gasteiger partial charge in [0.05, 0.1) is 12.7 Å². The van der Waals surface area contributed by atoms with Crippen LogP contribution in [0, 0.1) is 0 Å². The number of amides is 3. The number of benzene rings is 3. The van der Waals surface area contributed by atoms with Gasteiger partial charge in [0.2, 0.25) is 0 Å². The van der Waals surface area contributed by atoms with Crippen molar-refractivity contribution in [3.05, 3.63) is 108 Å². The zero-order chi connectivity index (χ0) is 25.0. The molecule has 0 aliphatic carbocycles. The van der Waals surface area contributed by atoms with E-state index in [4.69, 9.17) is 0 Å². The number of imide groups is 1. The third-order valence-corrected chi connectivity index (χ3v) is 7.45. The van der Waals surface area contributed by atoms with Crippen molar-refractivity contribution < 1.29 is 9.59 Å². The molecule has 0 spiro atoms. The fourth-order valence-corrected chi connectivity index (χ4v) is 5.33. The van der Waals surface area contributed by atoms with E-state index in [2.05, 4.69) is 87.9 Å². The average molecular weight is 483 g/mol. The van der Waals surface area contributed by atoms with Crippen molar-refractivity contribution in [1.82, 2.24) is 20.0 Å². The van der Waals surface area contributed by atoms with E-state index < -0.39 is 5.54 Å². The van der Waals surface area contributed by atoms with E-state index in [1.165, 1.54) is 21.6 Å². The van der Waals surface area contributed by atoms with E-state index >= 15 is 0 Å². The maximum absolute atomic E-state index is 13.3.